The van der Waals surface area contributed by atoms with Gasteiger partial charge in [0.05, 0.1) is 7.11 Å². The van der Waals surface area contributed by atoms with E-state index < -0.39 is 12.0 Å². The van der Waals surface area contributed by atoms with Gasteiger partial charge in [-0.25, -0.2) is 4.79 Å². The number of halogens is 2. The van der Waals surface area contributed by atoms with Crippen LogP contribution in [0.15, 0.2) is 42.5 Å². The number of carboxylic acid groups (broad SMARTS) is 1. The molecular weight excluding hydrogens is 313 g/mol. The minimum Gasteiger partial charge on any atom is -0.497 e. The fourth-order valence-electron chi connectivity index (χ4n) is 1.92. The highest BCUT2D eigenvalue weighted by molar-refractivity contribution is 6.36. The number of hydrogen-bond acceptors (Lipinski definition) is 3. The SMILES string of the molecule is COc1cccc(NC(C(=O)O)c2c(Cl)cccc2Cl)c1. The smallest absolute Gasteiger partial charge is 0.330 e. The van der Waals surface area contributed by atoms with E-state index in [9.17, 15) is 9.90 Å². The van der Waals surface area contributed by atoms with Crippen LogP contribution in [0.4, 0.5) is 5.69 Å². The van der Waals surface area contributed by atoms with Gasteiger partial charge in [-0.15, -0.1) is 0 Å². The molecule has 0 spiro atoms. The van der Waals surface area contributed by atoms with Crippen molar-refractivity contribution in [1.82, 2.24) is 0 Å². The van der Waals surface area contributed by atoms with E-state index in [4.69, 9.17) is 27.9 Å². The number of carbonyl (C=O) groups is 1. The van der Waals surface area contributed by atoms with E-state index in [-0.39, 0.29) is 0 Å². The third-order valence-electron chi connectivity index (χ3n) is 2.92. The fraction of sp³-hybridized carbons (Fsp3) is 0.133. The second-order valence-corrected chi connectivity index (χ2v) is 5.10. The van der Waals surface area contributed by atoms with Crippen molar-refractivity contribution in [1.29, 1.82) is 0 Å². The van der Waals surface area contributed by atoms with Crippen LogP contribution >= 0.6 is 23.2 Å². The number of aliphatic carboxylic acids is 1. The van der Waals surface area contributed by atoms with Gasteiger partial charge in [-0.1, -0.05) is 35.3 Å². The number of hydrogen-bond donors (Lipinski definition) is 2. The molecule has 2 N–H and O–H groups in total. The number of rotatable bonds is 5. The maximum Gasteiger partial charge on any atom is 0.330 e. The number of anilines is 1. The lowest BCUT2D eigenvalue weighted by atomic mass is 10.1. The maximum absolute atomic E-state index is 11.6. The second-order valence-electron chi connectivity index (χ2n) is 4.28. The molecular formula is C15H13Cl2NO3. The molecule has 0 radical (unpaired) electrons. The first-order valence-electron chi connectivity index (χ1n) is 6.10. The fourth-order valence-corrected chi connectivity index (χ4v) is 2.54. The summed E-state index contributed by atoms with van der Waals surface area (Å²) in [5.74, 6) is -0.456. The maximum atomic E-state index is 11.6. The Kier molecular flexibility index (Phi) is 4.94. The van der Waals surface area contributed by atoms with Gasteiger partial charge in [0.2, 0.25) is 0 Å². The Hall–Kier alpha value is -1.91. The highest BCUT2D eigenvalue weighted by atomic mass is 35.5. The molecule has 0 amide bonds. The molecule has 0 saturated carbocycles. The summed E-state index contributed by atoms with van der Waals surface area (Å²) in [6.07, 6.45) is 0. The molecule has 0 heterocycles. The van der Waals surface area contributed by atoms with Gasteiger partial charge < -0.3 is 15.2 Å². The van der Waals surface area contributed by atoms with Crippen molar-refractivity contribution in [3.63, 3.8) is 0 Å². The van der Waals surface area contributed by atoms with Gasteiger partial charge in [0.1, 0.15) is 5.75 Å². The second kappa shape index (κ2) is 6.70. The molecule has 0 bridgehead atoms. The number of carboxylic acids is 1. The standard InChI is InChI=1S/C15H13Cl2NO3/c1-21-10-5-2-4-9(8-10)18-14(15(19)20)13-11(16)6-3-7-12(13)17/h2-8,14,18H,1H3,(H,19,20). The van der Waals surface area contributed by atoms with Crippen LogP contribution in [0.25, 0.3) is 0 Å². The largest absolute Gasteiger partial charge is 0.497 e. The van der Waals surface area contributed by atoms with Gasteiger partial charge in [-0.05, 0) is 24.3 Å². The highest BCUT2D eigenvalue weighted by Crippen LogP contribution is 2.33. The molecule has 0 fully saturated rings. The van der Waals surface area contributed by atoms with Crippen molar-refractivity contribution < 1.29 is 14.6 Å². The molecule has 2 aromatic carbocycles. The average molecular weight is 326 g/mol. The lowest BCUT2D eigenvalue weighted by Crippen LogP contribution is -2.21. The Morgan fingerprint density at radius 2 is 1.81 bits per heavy atom. The normalized spacial score (nSPS) is 11.8. The van der Waals surface area contributed by atoms with E-state index in [0.717, 1.165) is 0 Å². The van der Waals surface area contributed by atoms with Crippen molar-refractivity contribution in [2.24, 2.45) is 0 Å². The first-order valence-corrected chi connectivity index (χ1v) is 6.86. The molecule has 6 heteroatoms. The number of methoxy groups -OCH3 is 1. The minimum atomic E-state index is -1.08. The van der Waals surface area contributed by atoms with Crippen LogP contribution in [0.1, 0.15) is 11.6 Å². The van der Waals surface area contributed by atoms with Crippen LogP contribution in [-0.2, 0) is 4.79 Å². The van der Waals surface area contributed by atoms with E-state index in [2.05, 4.69) is 5.32 Å². The summed E-state index contributed by atoms with van der Waals surface area (Å²) in [6, 6.07) is 10.8. The molecule has 0 saturated heterocycles. The number of nitrogens with one attached hydrogen (secondary N) is 1. The van der Waals surface area contributed by atoms with Gasteiger partial charge in [-0.3, -0.25) is 0 Å². The summed E-state index contributed by atoms with van der Waals surface area (Å²) in [4.78, 5) is 11.6. The molecule has 1 atom stereocenters. The summed E-state index contributed by atoms with van der Waals surface area (Å²) in [6.45, 7) is 0. The lowest BCUT2D eigenvalue weighted by molar-refractivity contribution is -0.138. The predicted molar refractivity (Wildman–Crippen MR) is 83.5 cm³/mol. The zero-order valence-electron chi connectivity index (χ0n) is 11.1. The van der Waals surface area contributed by atoms with Crippen molar-refractivity contribution in [2.75, 3.05) is 12.4 Å². The Morgan fingerprint density at radius 3 is 2.38 bits per heavy atom. The van der Waals surface area contributed by atoms with E-state index in [0.29, 0.717) is 27.0 Å². The third kappa shape index (κ3) is 3.60. The summed E-state index contributed by atoms with van der Waals surface area (Å²) in [5, 5.41) is 12.9. The van der Waals surface area contributed by atoms with E-state index in [1.54, 1.807) is 49.6 Å². The van der Waals surface area contributed by atoms with E-state index >= 15 is 0 Å². The Balaban J connectivity index is 2.38. The minimum absolute atomic E-state index is 0.297. The molecule has 1 unspecified atom stereocenters. The van der Waals surface area contributed by atoms with Gasteiger partial charge in [-0.2, -0.15) is 0 Å². The molecule has 2 aromatic rings. The van der Waals surface area contributed by atoms with Crippen LogP contribution in [0.3, 0.4) is 0 Å². The number of ether oxygens (including phenoxy) is 1. The van der Waals surface area contributed by atoms with Crippen LogP contribution in [-0.4, -0.2) is 18.2 Å². The summed E-state index contributed by atoms with van der Waals surface area (Å²) in [7, 11) is 1.54. The van der Waals surface area contributed by atoms with Gasteiger partial charge in [0, 0.05) is 27.4 Å². The average Bonchev–Trinajstić information content (AvgIpc) is 2.46. The molecule has 21 heavy (non-hydrogen) atoms. The zero-order chi connectivity index (χ0) is 15.4. The van der Waals surface area contributed by atoms with Gasteiger partial charge in [0.25, 0.3) is 0 Å². The summed E-state index contributed by atoms with van der Waals surface area (Å²) in [5.41, 5.74) is 0.925. The van der Waals surface area contributed by atoms with Crippen molar-refractivity contribution >= 4 is 34.9 Å². The first kappa shape index (κ1) is 15.5. The third-order valence-corrected chi connectivity index (χ3v) is 3.58. The number of benzene rings is 2. The van der Waals surface area contributed by atoms with Crippen LogP contribution in [0.5, 0.6) is 5.75 Å². The Labute approximate surface area is 132 Å². The monoisotopic (exact) mass is 325 g/mol. The summed E-state index contributed by atoms with van der Waals surface area (Å²) < 4.78 is 5.11. The lowest BCUT2D eigenvalue weighted by Gasteiger charge is -2.19. The molecule has 0 aliphatic rings. The molecule has 4 nitrogen and oxygen atoms in total. The topological polar surface area (TPSA) is 58.6 Å². The molecule has 0 aromatic heterocycles. The highest BCUT2D eigenvalue weighted by Gasteiger charge is 2.24. The molecule has 0 aliphatic heterocycles. The molecule has 2 rings (SSSR count). The molecule has 110 valence electrons. The van der Waals surface area contributed by atoms with Gasteiger partial charge >= 0.3 is 5.97 Å². The van der Waals surface area contributed by atoms with E-state index in [1.165, 1.54) is 0 Å². The van der Waals surface area contributed by atoms with Crippen LogP contribution in [0, 0.1) is 0 Å². The van der Waals surface area contributed by atoms with Crippen molar-refractivity contribution in [3.05, 3.63) is 58.1 Å². The Bertz CT molecular complexity index is 641. The summed E-state index contributed by atoms with van der Waals surface area (Å²) >= 11 is 12.2. The molecule has 0 aliphatic carbocycles. The quantitative estimate of drug-likeness (QED) is 0.863. The van der Waals surface area contributed by atoms with Crippen LogP contribution < -0.4 is 10.1 Å². The van der Waals surface area contributed by atoms with E-state index in [1.807, 2.05) is 0 Å². The Morgan fingerprint density at radius 1 is 1.19 bits per heavy atom. The predicted octanol–water partition coefficient (Wildman–Crippen LogP) is 4.24. The zero-order valence-corrected chi connectivity index (χ0v) is 12.7. The van der Waals surface area contributed by atoms with Crippen molar-refractivity contribution in [3.8, 4) is 5.75 Å². The van der Waals surface area contributed by atoms with Gasteiger partial charge in [0.15, 0.2) is 6.04 Å². The van der Waals surface area contributed by atoms with Crippen molar-refractivity contribution in [2.45, 2.75) is 6.04 Å². The van der Waals surface area contributed by atoms with Crippen LogP contribution in [0.2, 0.25) is 10.0 Å². The first-order chi connectivity index (χ1) is 10.0.